The largest absolute Gasteiger partial charge is 0.365 e. The molecule has 88 valence electrons. The molecule has 0 radical (unpaired) electrons. The number of anilines is 1. The number of hydrogen-bond donors (Lipinski definition) is 1. The van der Waals surface area contributed by atoms with Gasteiger partial charge in [-0.05, 0) is 12.8 Å². The molecule has 0 spiro atoms. The first kappa shape index (κ1) is 11.3. The zero-order valence-electron chi connectivity index (χ0n) is 9.64. The Labute approximate surface area is 95.2 Å². The Bertz CT molecular complexity index is 338. The molecule has 1 aromatic heterocycles. The number of hydrogen-bond acceptors (Lipinski definition) is 5. The van der Waals surface area contributed by atoms with Gasteiger partial charge in [0, 0.05) is 31.9 Å². The second-order valence-corrected chi connectivity index (χ2v) is 3.88. The summed E-state index contributed by atoms with van der Waals surface area (Å²) in [4.78, 5) is 8.41. The Morgan fingerprint density at radius 1 is 1.38 bits per heavy atom. The smallest absolute Gasteiger partial charge is 0.173 e. The van der Waals surface area contributed by atoms with E-state index in [1.54, 1.807) is 20.5 Å². The molecular formula is C11H17N3O2. The molecule has 1 aliphatic carbocycles. The van der Waals surface area contributed by atoms with Gasteiger partial charge in [0.1, 0.15) is 12.1 Å². The van der Waals surface area contributed by atoms with E-state index in [0.717, 1.165) is 11.5 Å². The SMILES string of the molecule is COC(CNc1cc(C2CC2)ncn1)OC. The van der Waals surface area contributed by atoms with E-state index < -0.39 is 0 Å². The van der Waals surface area contributed by atoms with Gasteiger partial charge in [-0.1, -0.05) is 0 Å². The fourth-order valence-corrected chi connectivity index (χ4v) is 1.52. The van der Waals surface area contributed by atoms with Crippen molar-refractivity contribution in [1.29, 1.82) is 0 Å². The Morgan fingerprint density at radius 3 is 2.75 bits per heavy atom. The lowest BCUT2D eigenvalue weighted by molar-refractivity contribution is -0.0914. The minimum atomic E-state index is -0.251. The van der Waals surface area contributed by atoms with Gasteiger partial charge in [-0.25, -0.2) is 9.97 Å². The molecule has 0 unspecified atom stereocenters. The van der Waals surface area contributed by atoms with Crippen LogP contribution in [-0.2, 0) is 9.47 Å². The van der Waals surface area contributed by atoms with Gasteiger partial charge in [-0.15, -0.1) is 0 Å². The van der Waals surface area contributed by atoms with Gasteiger partial charge in [-0.3, -0.25) is 0 Å². The predicted molar refractivity (Wildman–Crippen MR) is 60.3 cm³/mol. The number of methoxy groups -OCH3 is 2. The van der Waals surface area contributed by atoms with E-state index in [-0.39, 0.29) is 6.29 Å². The summed E-state index contributed by atoms with van der Waals surface area (Å²) < 4.78 is 10.2. The maximum atomic E-state index is 5.08. The summed E-state index contributed by atoms with van der Waals surface area (Å²) in [6, 6.07) is 2.00. The van der Waals surface area contributed by atoms with Gasteiger partial charge in [0.2, 0.25) is 0 Å². The molecule has 0 aromatic carbocycles. The summed E-state index contributed by atoms with van der Waals surface area (Å²) in [6.45, 7) is 0.578. The van der Waals surface area contributed by atoms with Crippen molar-refractivity contribution in [2.24, 2.45) is 0 Å². The van der Waals surface area contributed by atoms with E-state index >= 15 is 0 Å². The van der Waals surface area contributed by atoms with Crippen LogP contribution in [0.3, 0.4) is 0 Å². The van der Waals surface area contributed by atoms with E-state index in [2.05, 4.69) is 15.3 Å². The van der Waals surface area contributed by atoms with E-state index in [1.165, 1.54) is 12.8 Å². The molecule has 16 heavy (non-hydrogen) atoms. The molecule has 0 atom stereocenters. The molecule has 1 aromatic rings. The molecule has 0 saturated heterocycles. The molecule has 0 aliphatic heterocycles. The highest BCUT2D eigenvalue weighted by molar-refractivity contribution is 5.36. The molecule has 1 saturated carbocycles. The standard InChI is InChI=1S/C11H17N3O2/c1-15-11(16-2)6-12-10-5-9(8-3-4-8)13-7-14-10/h5,7-8,11H,3-4,6H2,1-2H3,(H,12,13,14). The number of nitrogens with one attached hydrogen (secondary N) is 1. The highest BCUT2D eigenvalue weighted by atomic mass is 16.7. The monoisotopic (exact) mass is 223 g/mol. The highest BCUT2D eigenvalue weighted by Crippen LogP contribution is 2.39. The zero-order valence-corrected chi connectivity index (χ0v) is 9.64. The lowest BCUT2D eigenvalue weighted by atomic mass is 10.3. The van der Waals surface area contributed by atoms with Crippen LogP contribution in [-0.4, -0.2) is 37.0 Å². The normalized spacial score (nSPS) is 15.4. The van der Waals surface area contributed by atoms with Crippen molar-refractivity contribution in [2.45, 2.75) is 25.0 Å². The van der Waals surface area contributed by atoms with Crippen molar-refractivity contribution in [1.82, 2.24) is 9.97 Å². The summed E-state index contributed by atoms with van der Waals surface area (Å²) >= 11 is 0. The molecule has 5 heteroatoms. The summed E-state index contributed by atoms with van der Waals surface area (Å²) in [5, 5.41) is 3.17. The van der Waals surface area contributed by atoms with Crippen LogP contribution in [0.15, 0.2) is 12.4 Å². The fraction of sp³-hybridized carbons (Fsp3) is 0.636. The molecular weight excluding hydrogens is 206 g/mol. The van der Waals surface area contributed by atoms with Crippen molar-refractivity contribution in [2.75, 3.05) is 26.1 Å². The van der Waals surface area contributed by atoms with E-state index in [0.29, 0.717) is 12.5 Å². The zero-order chi connectivity index (χ0) is 11.4. The summed E-state index contributed by atoms with van der Waals surface area (Å²) in [5.41, 5.74) is 1.13. The molecule has 5 nitrogen and oxygen atoms in total. The van der Waals surface area contributed by atoms with Crippen molar-refractivity contribution in [3.05, 3.63) is 18.1 Å². The predicted octanol–water partition coefficient (Wildman–Crippen LogP) is 1.38. The van der Waals surface area contributed by atoms with Gasteiger partial charge >= 0.3 is 0 Å². The van der Waals surface area contributed by atoms with Crippen molar-refractivity contribution in [3.8, 4) is 0 Å². The van der Waals surface area contributed by atoms with E-state index in [1.807, 2.05) is 6.07 Å². The molecule has 2 rings (SSSR count). The molecule has 1 heterocycles. The minimum absolute atomic E-state index is 0.251. The lowest BCUT2D eigenvalue weighted by Gasteiger charge is -2.14. The highest BCUT2D eigenvalue weighted by Gasteiger charge is 2.25. The third-order valence-electron chi connectivity index (χ3n) is 2.66. The average molecular weight is 223 g/mol. The van der Waals surface area contributed by atoms with Gasteiger partial charge in [0.15, 0.2) is 6.29 Å². The van der Waals surface area contributed by atoms with Crippen LogP contribution in [0.5, 0.6) is 0 Å². The molecule has 1 aliphatic rings. The Morgan fingerprint density at radius 2 is 2.12 bits per heavy atom. The Hall–Kier alpha value is -1.20. The second kappa shape index (κ2) is 5.23. The topological polar surface area (TPSA) is 56.3 Å². The maximum absolute atomic E-state index is 5.08. The summed E-state index contributed by atoms with van der Waals surface area (Å²) in [7, 11) is 3.23. The number of ether oxygens (including phenoxy) is 2. The van der Waals surface area contributed by atoms with Crippen LogP contribution in [0.2, 0.25) is 0 Å². The van der Waals surface area contributed by atoms with Crippen LogP contribution in [0, 0.1) is 0 Å². The van der Waals surface area contributed by atoms with Gasteiger partial charge in [0.25, 0.3) is 0 Å². The first-order valence-corrected chi connectivity index (χ1v) is 5.45. The minimum Gasteiger partial charge on any atom is -0.365 e. The Kier molecular flexibility index (Phi) is 3.69. The molecule has 1 N–H and O–H groups in total. The second-order valence-electron chi connectivity index (χ2n) is 3.88. The van der Waals surface area contributed by atoms with Crippen molar-refractivity contribution < 1.29 is 9.47 Å². The number of nitrogens with zero attached hydrogens (tertiary/aromatic N) is 2. The first-order chi connectivity index (χ1) is 7.83. The quantitative estimate of drug-likeness (QED) is 0.738. The Balaban J connectivity index is 1.90. The van der Waals surface area contributed by atoms with Crippen LogP contribution < -0.4 is 5.32 Å². The first-order valence-electron chi connectivity index (χ1n) is 5.45. The summed E-state index contributed by atoms with van der Waals surface area (Å²) in [5.74, 6) is 1.47. The van der Waals surface area contributed by atoms with Crippen LogP contribution >= 0.6 is 0 Å². The number of aromatic nitrogens is 2. The molecule has 0 amide bonds. The lowest BCUT2D eigenvalue weighted by Crippen LogP contribution is -2.24. The van der Waals surface area contributed by atoms with E-state index in [4.69, 9.17) is 9.47 Å². The van der Waals surface area contributed by atoms with Crippen molar-refractivity contribution >= 4 is 5.82 Å². The fourth-order valence-electron chi connectivity index (χ4n) is 1.52. The summed E-state index contributed by atoms with van der Waals surface area (Å²) in [6.07, 6.45) is 3.84. The third-order valence-corrected chi connectivity index (χ3v) is 2.66. The van der Waals surface area contributed by atoms with Crippen LogP contribution in [0.25, 0.3) is 0 Å². The average Bonchev–Trinajstić information content (AvgIpc) is 3.15. The maximum Gasteiger partial charge on any atom is 0.173 e. The van der Waals surface area contributed by atoms with Gasteiger partial charge in [-0.2, -0.15) is 0 Å². The molecule has 1 fully saturated rings. The van der Waals surface area contributed by atoms with Gasteiger partial charge < -0.3 is 14.8 Å². The van der Waals surface area contributed by atoms with Crippen molar-refractivity contribution in [3.63, 3.8) is 0 Å². The van der Waals surface area contributed by atoms with Crippen LogP contribution in [0.1, 0.15) is 24.5 Å². The third kappa shape index (κ3) is 2.90. The number of rotatable bonds is 6. The molecule has 0 bridgehead atoms. The van der Waals surface area contributed by atoms with E-state index in [9.17, 15) is 0 Å². The van der Waals surface area contributed by atoms with Gasteiger partial charge in [0.05, 0.1) is 6.54 Å². The van der Waals surface area contributed by atoms with Crippen LogP contribution in [0.4, 0.5) is 5.82 Å².